The second-order valence-corrected chi connectivity index (χ2v) is 6.46. The third-order valence-electron chi connectivity index (χ3n) is 3.69. The standard InChI is InChI=1S/C19H23BrN2O2/c1-14-3-8-18(17(20)13-14)21-12-10-19(23)22-11-9-15-4-6-16(24-2)7-5-15/h3-8,13,21H,9-12H2,1-2H3,(H,22,23). The highest BCUT2D eigenvalue weighted by Crippen LogP contribution is 2.23. The summed E-state index contributed by atoms with van der Waals surface area (Å²) in [7, 11) is 1.65. The van der Waals surface area contributed by atoms with Crippen LogP contribution in [0.5, 0.6) is 5.75 Å². The molecular formula is C19H23BrN2O2. The van der Waals surface area contributed by atoms with Crippen LogP contribution in [0, 0.1) is 6.92 Å². The summed E-state index contributed by atoms with van der Waals surface area (Å²) in [4.78, 5) is 11.9. The molecule has 0 unspecified atom stereocenters. The lowest BCUT2D eigenvalue weighted by atomic mass is 10.1. The van der Waals surface area contributed by atoms with Crippen LogP contribution in [-0.4, -0.2) is 26.1 Å². The maximum atomic E-state index is 11.9. The van der Waals surface area contributed by atoms with E-state index in [-0.39, 0.29) is 5.91 Å². The van der Waals surface area contributed by atoms with Gasteiger partial charge in [0.05, 0.1) is 7.11 Å². The van der Waals surface area contributed by atoms with E-state index in [1.54, 1.807) is 7.11 Å². The Morgan fingerprint density at radius 2 is 1.88 bits per heavy atom. The van der Waals surface area contributed by atoms with Crippen molar-refractivity contribution < 1.29 is 9.53 Å². The molecule has 1 amide bonds. The molecule has 5 heteroatoms. The van der Waals surface area contributed by atoms with E-state index in [0.717, 1.165) is 22.3 Å². The molecule has 24 heavy (non-hydrogen) atoms. The third-order valence-corrected chi connectivity index (χ3v) is 4.34. The topological polar surface area (TPSA) is 50.4 Å². The Bertz CT molecular complexity index is 672. The van der Waals surface area contributed by atoms with Crippen molar-refractivity contribution in [2.24, 2.45) is 0 Å². The maximum absolute atomic E-state index is 11.9. The molecule has 0 heterocycles. The van der Waals surface area contributed by atoms with E-state index in [9.17, 15) is 4.79 Å². The van der Waals surface area contributed by atoms with Crippen molar-refractivity contribution in [3.63, 3.8) is 0 Å². The van der Waals surface area contributed by atoms with Crippen LogP contribution in [-0.2, 0) is 11.2 Å². The lowest BCUT2D eigenvalue weighted by molar-refractivity contribution is -0.120. The van der Waals surface area contributed by atoms with Gasteiger partial charge in [0.25, 0.3) is 0 Å². The summed E-state index contributed by atoms with van der Waals surface area (Å²) in [6.07, 6.45) is 1.26. The average Bonchev–Trinajstić information content (AvgIpc) is 2.57. The molecule has 2 N–H and O–H groups in total. The minimum Gasteiger partial charge on any atom is -0.497 e. The van der Waals surface area contributed by atoms with Crippen LogP contribution in [0.15, 0.2) is 46.9 Å². The highest BCUT2D eigenvalue weighted by Gasteiger charge is 2.03. The summed E-state index contributed by atoms with van der Waals surface area (Å²) in [6.45, 7) is 3.29. The summed E-state index contributed by atoms with van der Waals surface area (Å²) < 4.78 is 6.14. The van der Waals surface area contributed by atoms with E-state index in [4.69, 9.17) is 4.74 Å². The Morgan fingerprint density at radius 1 is 1.12 bits per heavy atom. The fraction of sp³-hybridized carbons (Fsp3) is 0.316. The number of benzene rings is 2. The number of methoxy groups -OCH3 is 1. The second-order valence-electron chi connectivity index (χ2n) is 5.61. The summed E-state index contributed by atoms with van der Waals surface area (Å²) in [5, 5.41) is 6.22. The van der Waals surface area contributed by atoms with Crippen molar-refractivity contribution in [2.75, 3.05) is 25.5 Å². The molecule has 2 aromatic rings. The van der Waals surface area contributed by atoms with E-state index in [1.165, 1.54) is 11.1 Å². The number of ether oxygens (including phenoxy) is 1. The number of hydrogen-bond acceptors (Lipinski definition) is 3. The van der Waals surface area contributed by atoms with Crippen LogP contribution in [0.1, 0.15) is 17.5 Å². The van der Waals surface area contributed by atoms with Gasteiger partial charge in [-0.3, -0.25) is 4.79 Å². The van der Waals surface area contributed by atoms with Gasteiger partial charge in [0, 0.05) is 29.7 Å². The molecule has 0 atom stereocenters. The van der Waals surface area contributed by atoms with Gasteiger partial charge < -0.3 is 15.4 Å². The van der Waals surface area contributed by atoms with Crippen molar-refractivity contribution in [1.82, 2.24) is 5.32 Å². The number of carbonyl (C=O) groups is 1. The van der Waals surface area contributed by atoms with Crippen LogP contribution in [0.2, 0.25) is 0 Å². The maximum Gasteiger partial charge on any atom is 0.221 e. The lowest BCUT2D eigenvalue weighted by Crippen LogP contribution is -2.27. The van der Waals surface area contributed by atoms with Crippen molar-refractivity contribution in [3.05, 3.63) is 58.1 Å². The van der Waals surface area contributed by atoms with Crippen LogP contribution < -0.4 is 15.4 Å². The van der Waals surface area contributed by atoms with E-state index in [0.29, 0.717) is 19.5 Å². The van der Waals surface area contributed by atoms with Crippen LogP contribution in [0.4, 0.5) is 5.69 Å². The van der Waals surface area contributed by atoms with Crippen LogP contribution in [0.25, 0.3) is 0 Å². The zero-order valence-electron chi connectivity index (χ0n) is 14.1. The fourth-order valence-corrected chi connectivity index (χ4v) is 2.93. The normalized spacial score (nSPS) is 10.3. The number of aryl methyl sites for hydroxylation is 1. The number of nitrogens with one attached hydrogen (secondary N) is 2. The molecule has 0 aliphatic carbocycles. The molecule has 0 spiro atoms. The van der Waals surface area contributed by atoms with Crippen molar-refractivity contribution in [1.29, 1.82) is 0 Å². The van der Waals surface area contributed by atoms with Crippen molar-refractivity contribution in [2.45, 2.75) is 19.8 Å². The zero-order chi connectivity index (χ0) is 17.4. The molecule has 2 aromatic carbocycles. The van der Waals surface area contributed by atoms with Gasteiger partial charge in [0.1, 0.15) is 5.75 Å². The predicted molar refractivity (Wildman–Crippen MR) is 102 cm³/mol. The lowest BCUT2D eigenvalue weighted by Gasteiger charge is -2.10. The molecule has 0 fully saturated rings. The van der Waals surface area contributed by atoms with Gasteiger partial charge in [-0.25, -0.2) is 0 Å². The first-order valence-electron chi connectivity index (χ1n) is 7.98. The van der Waals surface area contributed by atoms with Crippen molar-refractivity contribution >= 4 is 27.5 Å². The number of carbonyl (C=O) groups excluding carboxylic acids is 1. The number of anilines is 1. The predicted octanol–water partition coefficient (Wildman–Crippen LogP) is 3.93. The smallest absolute Gasteiger partial charge is 0.221 e. The Labute approximate surface area is 151 Å². The largest absolute Gasteiger partial charge is 0.497 e. The van der Waals surface area contributed by atoms with E-state index in [1.807, 2.05) is 43.3 Å². The monoisotopic (exact) mass is 390 g/mol. The van der Waals surface area contributed by atoms with E-state index in [2.05, 4.69) is 32.6 Å². The van der Waals surface area contributed by atoms with Gasteiger partial charge in [-0.2, -0.15) is 0 Å². The highest BCUT2D eigenvalue weighted by molar-refractivity contribution is 9.10. The number of rotatable bonds is 8. The Hall–Kier alpha value is -2.01. The Kier molecular flexibility index (Phi) is 7.12. The van der Waals surface area contributed by atoms with Gasteiger partial charge in [-0.15, -0.1) is 0 Å². The van der Waals surface area contributed by atoms with Gasteiger partial charge in [0.2, 0.25) is 5.91 Å². The SMILES string of the molecule is COc1ccc(CCNC(=O)CCNc2ccc(C)cc2Br)cc1. The highest BCUT2D eigenvalue weighted by atomic mass is 79.9. The van der Waals surface area contributed by atoms with Crippen molar-refractivity contribution in [3.8, 4) is 5.75 Å². The molecule has 0 aliphatic rings. The van der Waals surface area contributed by atoms with Gasteiger partial charge in [0.15, 0.2) is 0 Å². The van der Waals surface area contributed by atoms with Gasteiger partial charge in [-0.1, -0.05) is 18.2 Å². The summed E-state index contributed by atoms with van der Waals surface area (Å²) >= 11 is 3.52. The first kappa shape index (κ1) is 18.3. The second kappa shape index (κ2) is 9.33. The molecule has 0 saturated heterocycles. The summed E-state index contributed by atoms with van der Waals surface area (Å²) in [5.41, 5.74) is 3.38. The number of amides is 1. The number of halogens is 1. The molecule has 0 aromatic heterocycles. The minimum atomic E-state index is 0.0549. The van der Waals surface area contributed by atoms with E-state index < -0.39 is 0 Å². The third kappa shape index (κ3) is 5.89. The number of hydrogen-bond donors (Lipinski definition) is 2. The van der Waals surface area contributed by atoms with Crippen LogP contribution in [0.3, 0.4) is 0 Å². The summed E-state index contributed by atoms with van der Waals surface area (Å²) in [5.74, 6) is 0.898. The summed E-state index contributed by atoms with van der Waals surface area (Å²) in [6, 6.07) is 14.0. The van der Waals surface area contributed by atoms with Crippen LogP contribution >= 0.6 is 15.9 Å². The average molecular weight is 391 g/mol. The molecule has 2 rings (SSSR count). The minimum absolute atomic E-state index is 0.0549. The fourth-order valence-electron chi connectivity index (χ4n) is 2.30. The quantitative estimate of drug-likeness (QED) is 0.717. The molecule has 0 bridgehead atoms. The zero-order valence-corrected chi connectivity index (χ0v) is 15.7. The molecule has 0 radical (unpaired) electrons. The Morgan fingerprint density at radius 3 is 2.54 bits per heavy atom. The first-order chi connectivity index (χ1) is 11.6. The first-order valence-corrected chi connectivity index (χ1v) is 8.77. The van der Waals surface area contributed by atoms with Gasteiger partial charge in [-0.05, 0) is 64.7 Å². The van der Waals surface area contributed by atoms with E-state index >= 15 is 0 Å². The molecule has 0 saturated carbocycles. The molecular weight excluding hydrogens is 368 g/mol. The van der Waals surface area contributed by atoms with Gasteiger partial charge >= 0.3 is 0 Å². The molecule has 4 nitrogen and oxygen atoms in total. The molecule has 128 valence electrons. The Balaban J connectivity index is 1.66. The molecule has 0 aliphatic heterocycles.